The number of phenolic OH excluding ortho intramolecular Hbond substituents is 1. The number of nitrogens with one attached hydrogen (secondary N) is 2. The van der Waals surface area contributed by atoms with Crippen LogP contribution in [-0.4, -0.2) is 30.2 Å². The standard InChI is InChI=1S/C24H23N3O4/c1-31-21-14-8-13-19(23(21)29)16-25-27-22(28)15-20(17-9-4-2-5-10-17)26-24(30)18-11-6-3-7-12-18/h2-14,16,20,29H,15H2,1H3,(H,26,30)(H,27,28)/b25-16-/t20-/m1/s1. The Balaban J connectivity index is 1.68. The monoisotopic (exact) mass is 417 g/mol. The molecule has 0 saturated heterocycles. The fourth-order valence-corrected chi connectivity index (χ4v) is 2.98. The lowest BCUT2D eigenvalue weighted by Crippen LogP contribution is -2.32. The van der Waals surface area contributed by atoms with Crippen molar-refractivity contribution in [1.82, 2.24) is 10.7 Å². The average molecular weight is 417 g/mol. The van der Waals surface area contributed by atoms with E-state index >= 15 is 0 Å². The zero-order valence-electron chi connectivity index (χ0n) is 17.0. The second-order valence-electron chi connectivity index (χ2n) is 6.70. The largest absolute Gasteiger partial charge is 0.504 e. The molecule has 3 aromatic carbocycles. The van der Waals surface area contributed by atoms with Gasteiger partial charge in [-0.2, -0.15) is 5.10 Å². The summed E-state index contributed by atoms with van der Waals surface area (Å²) in [4.78, 5) is 25.1. The number of ether oxygens (including phenoxy) is 1. The zero-order valence-corrected chi connectivity index (χ0v) is 17.0. The quantitative estimate of drug-likeness (QED) is 0.386. The van der Waals surface area contributed by atoms with Crippen molar-refractivity contribution in [3.8, 4) is 11.5 Å². The summed E-state index contributed by atoms with van der Waals surface area (Å²) in [7, 11) is 1.45. The second kappa shape index (κ2) is 10.6. The number of nitrogens with zero attached hydrogens (tertiary/aromatic N) is 1. The molecule has 0 heterocycles. The van der Waals surface area contributed by atoms with E-state index < -0.39 is 6.04 Å². The molecule has 158 valence electrons. The molecular weight excluding hydrogens is 394 g/mol. The molecule has 0 bridgehead atoms. The molecule has 3 aromatic rings. The van der Waals surface area contributed by atoms with E-state index in [4.69, 9.17) is 4.74 Å². The summed E-state index contributed by atoms with van der Waals surface area (Å²) in [6.45, 7) is 0. The third kappa shape index (κ3) is 5.93. The van der Waals surface area contributed by atoms with Gasteiger partial charge in [0, 0.05) is 11.1 Å². The Morgan fingerprint density at radius 2 is 1.68 bits per heavy atom. The first-order chi connectivity index (χ1) is 15.1. The molecule has 0 spiro atoms. The van der Waals surface area contributed by atoms with Crippen molar-refractivity contribution in [2.45, 2.75) is 12.5 Å². The number of carbonyl (C=O) groups is 2. The van der Waals surface area contributed by atoms with Gasteiger partial charge in [0.25, 0.3) is 5.91 Å². The lowest BCUT2D eigenvalue weighted by molar-refractivity contribution is -0.121. The van der Waals surface area contributed by atoms with Crippen LogP contribution in [0.2, 0.25) is 0 Å². The number of carbonyl (C=O) groups excluding carboxylic acids is 2. The molecule has 0 aliphatic heterocycles. The van der Waals surface area contributed by atoms with Crippen molar-refractivity contribution < 1.29 is 19.4 Å². The molecule has 7 nitrogen and oxygen atoms in total. The van der Waals surface area contributed by atoms with Gasteiger partial charge in [-0.3, -0.25) is 9.59 Å². The summed E-state index contributed by atoms with van der Waals surface area (Å²) < 4.78 is 5.05. The van der Waals surface area contributed by atoms with Crippen molar-refractivity contribution in [1.29, 1.82) is 0 Å². The van der Waals surface area contributed by atoms with Gasteiger partial charge in [-0.15, -0.1) is 0 Å². The highest BCUT2D eigenvalue weighted by atomic mass is 16.5. The maximum Gasteiger partial charge on any atom is 0.251 e. The number of hydrogen-bond donors (Lipinski definition) is 3. The van der Waals surface area contributed by atoms with E-state index in [1.165, 1.54) is 13.3 Å². The minimum Gasteiger partial charge on any atom is -0.504 e. The van der Waals surface area contributed by atoms with Gasteiger partial charge in [0.2, 0.25) is 5.91 Å². The number of methoxy groups -OCH3 is 1. The van der Waals surface area contributed by atoms with Gasteiger partial charge in [-0.1, -0.05) is 54.6 Å². The van der Waals surface area contributed by atoms with Crippen LogP contribution in [0.15, 0.2) is 84.0 Å². The molecule has 0 unspecified atom stereocenters. The molecule has 0 aliphatic carbocycles. The van der Waals surface area contributed by atoms with Gasteiger partial charge in [0.05, 0.1) is 25.8 Å². The normalized spacial score (nSPS) is 11.6. The first-order valence-corrected chi connectivity index (χ1v) is 9.67. The highest BCUT2D eigenvalue weighted by molar-refractivity contribution is 5.94. The van der Waals surface area contributed by atoms with Crippen LogP contribution in [0.4, 0.5) is 0 Å². The van der Waals surface area contributed by atoms with Crippen LogP contribution in [0.3, 0.4) is 0 Å². The van der Waals surface area contributed by atoms with Gasteiger partial charge in [-0.25, -0.2) is 5.43 Å². The maximum absolute atomic E-state index is 12.6. The van der Waals surface area contributed by atoms with E-state index in [0.717, 1.165) is 5.56 Å². The van der Waals surface area contributed by atoms with Crippen LogP contribution in [-0.2, 0) is 4.79 Å². The van der Waals surface area contributed by atoms with Crippen LogP contribution in [0, 0.1) is 0 Å². The van der Waals surface area contributed by atoms with Crippen molar-refractivity contribution in [2.75, 3.05) is 7.11 Å². The molecule has 0 aliphatic rings. The predicted octanol–water partition coefficient (Wildman–Crippen LogP) is 3.41. The number of phenols is 1. The Labute approximate surface area is 180 Å². The minimum atomic E-state index is -0.533. The second-order valence-corrected chi connectivity index (χ2v) is 6.70. The Morgan fingerprint density at radius 1 is 1.00 bits per heavy atom. The fourth-order valence-electron chi connectivity index (χ4n) is 2.98. The summed E-state index contributed by atoms with van der Waals surface area (Å²) in [5.41, 5.74) is 4.15. The molecule has 3 rings (SSSR count). The minimum absolute atomic E-state index is 0.00990. The molecule has 31 heavy (non-hydrogen) atoms. The van der Waals surface area contributed by atoms with Crippen LogP contribution in [0.25, 0.3) is 0 Å². The zero-order chi connectivity index (χ0) is 22.1. The SMILES string of the molecule is COc1cccc(/C=N\NC(=O)C[C@@H](NC(=O)c2ccccc2)c2ccccc2)c1O. The Bertz CT molecular complexity index is 1050. The van der Waals surface area contributed by atoms with Gasteiger partial charge in [-0.05, 0) is 29.8 Å². The summed E-state index contributed by atoms with van der Waals surface area (Å²) in [6.07, 6.45) is 1.32. The summed E-state index contributed by atoms with van der Waals surface area (Å²) in [5, 5.41) is 16.9. The summed E-state index contributed by atoms with van der Waals surface area (Å²) >= 11 is 0. The van der Waals surface area contributed by atoms with Gasteiger partial charge in [0.1, 0.15) is 0 Å². The van der Waals surface area contributed by atoms with Crippen LogP contribution in [0.5, 0.6) is 11.5 Å². The number of hydrazone groups is 1. The maximum atomic E-state index is 12.6. The van der Waals surface area contributed by atoms with Crippen LogP contribution in [0.1, 0.15) is 33.9 Å². The molecule has 0 aromatic heterocycles. The molecule has 3 N–H and O–H groups in total. The molecule has 0 radical (unpaired) electrons. The van der Waals surface area contributed by atoms with Gasteiger partial charge >= 0.3 is 0 Å². The number of benzene rings is 3. The molecule has 0 fully saturated rings. The number of hydrogen-bond acceptors (Lipinski definition) is 5. The molecular formula is C24H23N3O4. The lowest BCUT2D eigenvalue weighted by atomic mass is 10.0. The number of aromatic hydroxyl groups is 1. The van der Waals surface area contributed by atoms with Crippen LogP contribution < -0.4 is 15.5 Å². The number of rotatable bonds is 8. The third-order valence-electron chi connectivity index (χ3n) is 4.58. The van der Waals surface area contributed by atoms with E-state index in [2.05, 4.69) is 15.8 Å². The average Bonchev–Trinajstić information content (AvgIpc) is 2.81. The van der Waals surface area contributed by atoms with E-state index in [0.29, 0.717) is 16.9 Å². The van der Waals surface area contributed by atoms with Gasteiger partial charge < -0.3 is 15.2 Å². The lowest BCUT2D eigenvalue weighted by Gasteiger charge is -2.18. The topological polar surface area (TPSA) is 100 Å². The van der Waals surface area contributed by atoms with Crippen molar-refractivity contribution in [3.05, 3.63) is 95.6 Å². The Kier molecular flexibility index (Phi) is 7.37. The van der Waals surface area contributed by atoms with E-state index in [9.17, 15) is 14.7 Å². The molecule has 7 heteroatoms. The van der Waals surface area contributed by atoms with E-state index in [1.54, 1.807) is 42.5 Å². The van der Waals surface area contributed by atoms with Crippen molar-refractivity contribution >= 4 is 18.0 Å². The fraction of sp³-hybridized carbons (Fsp3) is 0.125. The third-order valence-corrected chi connectivity index (χ3v) is 4.58. The highest BCUT2D eigenvalue weighted by Gasteiger charge is 2.19. The van der Waals surface area contributed by atoms with E-state index in [-0.39, 0.29) is 24.0 Å². The smallest absolute Gasteiger partial charge is 0.251 e. The number of para-hydroxylation sites is 1. The van der Waals surface area contributed by atoms with Gasteiger partial charge in [0.15, 0.2) is 11.5 Å². The highest BCUT2D eigenvalue weighted by Crippen LogP contribution is 2.27. The first kappa shape index (κ1) is 21.6. The number of amides is 2. The molecule has 2 amide bonds. The van der Waals surface area contributed by atoms with Crippen molar-refractivity contribution in [3.63, 3.8) is 0 Å². The Morgan fingerprint density at radius 3 is 2.35 bits per heavy atom. The summed E-state index contributed by atoms with van der Waals surface area (Å²) in [5.74, 6) is -0.420. The summed E-state index contributed by atoms with van der Waals surface area (Å²) in [6, 6.07) is 22.5. The predicted molar refractivity (Wildman–Crippen MR) is 118 cm³/mol. The Hall–Kier alpha value is -4.13. The first-order valence-electron chi connectivity index (χ1n) is 9.67. The van der Waals surface area contributed by atoms with E-state index in [1.807, 2.05) is 36.4 Å². The molecule has 1 atom stereocenters. The molecule has 0 saturated carbocycles. The van der Waals surface area contributed by atoms with Crippen molar-refractivity contribution in [2.24, 2.45) is 5.10 Å². The van der Waals surface area contributed by atoms with Crippen LogP contribution >= 0.6 is 0 Å².